The van der Waals surface area contributed by atoms with Crippen molar-refractivity contribution in [1.82, 2.24) is 0 Å². The van der Waals surface area contributed by atoms with Crippen molar-refractivity contribution < 1.29 is 14.3 Å². The summed E-state index contributed by atoms with van der Waals surface area (Å²) in [6, 6.07) is 19.2. The Kier molecular flexibility index (Phi) is 4.43. The second-order valence-corrected chi connectivity index (χ2v) is 7.28. The predicted molar refractivity (Wildman–Crippen MR) is 105 cm³/mol. The number of hydrogen-bond acceptors (Lipinski definition) is 5. The Balaban J connectivity index is 1.75. The van der Waals surface area contributed by atoms with E-state index in [1.54, 1.807) is 0 Å². The fourth-order valence-electron chi connectivity index (χ4n) is 3.37. The molecule has 5 heteroatoms. The number of carbonyl (C=O) groups is 2. The molecule has 4 nitrogen and oxygen atoms in total. The first-order chi connectivity index (χ1) is 13.1. The van der Waals surface area contributed by atoms with Gasteiger partial charge >= 0.3 is 5.97 Å². The zero-order valence-electron chi connectivity index (χ0n) is 14.6. The lowest BCUT2D eigenvalue weighted by Gasteiger charge is -2.21. The summed E-state index contributed by atoms with van der Waals surface area (Å²) in [7, 11) is 0. The monoisotopic (exact) mass is 373 g/mol. The van der Waals surface area contributed by atoms with Crippen LogP contribution in [-0.2, 0) is 9.53 Å². The molecule has 0 aromatic heterocycles. The number of ketones is 1. The Labute approximate surface area is 160 Å². The van der Waals surface area contributed by atoms with Crippen molar-refractivity contribution in [3.05, 3.63) is 65.7 Å². The largest absolute Gasteiger partial charge is 0.447 e. The summed E-state index contributed by atoms with van der Waals surface area (Å²) in [4.78, 5) is 25.7. The number of nitrogens with zero attached hydrogens (tertiary/aromatic N) is 1. The lowest BCUT2D eigenvalue weighted by atomic mass is 9.83. The minimum atomic E-state index is -0.761. The van der Waals surface area contributed by atoms with Crippen molar-refractivity contribution >= 4 is 34.3 Å². The molecule has 1 aliphatic rings. The first-order valence-corrected chi connectivity index (χ1v) is 9.50. The second-order valence-electron chi connectivity index (χ2n) is 6.26. The molecule has 0 heterocycles. The summed E-state index contributed by atoms with van der Waals surface area (Å²) in [5, 5.41) is 10.6. The maximum Gasteiger partial charge on any atom is 0.317 e. The Morgan fingerprint density at radius 3 is 2.56 bits per heavy atom. The number of benzene rings is 3. The van der Waals surface area contributed by atoms with Crippen LogP contribution >= 0.6 is 11.8 Å². The van der Waals surface area contributed by atoms with E-state index >= 15 is 0 Å². The van der Waals surface area contributed by atoms with Gasteiger partial charge in [-0.2, -0.15) is 5.26 Å². The molecule has 3 aromatic carbocycles. The number of fused-ring (bicyclic) bond motifs is 2. The van der Waals surface area contributed by atoms with Gasteiger partial charge in [-0.1, -0.05) is 48.5 Å². The summed E-state index contributed by atoms with van der Waals surface area (Å²) < 4.78 is 5.00. The summed E-state index contributed by atoms with van der Waals surface area (Å²) >= 11 is 1.35. The third-order valence-corrected chi connectivity index (χ3v) is 5.59. The van der Waals surface area contributed by atoms with Crippen molar-refractivity contribution in [2.75, 3.05) is 5.75 Å². The van der Waals surface area contributed by atoms with Crippen LogP contribution in [0.25, 0.3) is 21.9 Å². The fourth-order valence-corrected chi connectivity index (χ4v) is 4.21. The summed E-state index contributed by atoms with van der Waals surface area (Å²) in [5.41, 5.74) is 3.36. The molecule has 132 valence electrons. The predicted octanol–water partition coefficient (Wildman–Crippen LogP) is 4.60. The zero-order valence-corrected chi connectivity index (χ0v) is 15.4. The number of ether oxygens (including phenoxy) is 1. The van der Waals surface area contributed by atoms with Crippen molar-refractivity contribution in [3.63, 3.8) is 0 Å². The lowest BCUT2D eigenvalue weighted by molar-refractivity contribution is -0.142. The summed E-state index contributed by atoms with van der Waals surface area (Å²) in [5.74, 6) is -0.307. The Morgan fingerprint density at radius 1 is 1.04 bits per heavy atom. The highest BCUT2D eigenvalue weighted by Crippen LogP contribution is 2.42. The van der Waals surface area contributed by atoms with Crippen molar-refractivity contribution in [3.8, 4) is 17.2 Å². The van der Waals surface area contributed by atoms with Gasteiger partial charge in [0.2, 0.25) is 0 Å². The van der Waals surface area contributed by atoms with Gasteiger partial charge in [-0.15, -0.1) is 11.8 Å². The molecule has 0 N–H and O–H groups in total. The van der Waals surface area contributed by atoms with Crippen LogP contribution in [0.2, 0.25) is 0 Å². The van der Waals surface area contributed by atoms with Gasteiger partial charge in [0.05, 0.1) is 5.75 Å². The highest BCUT2D eigenvalue weighted by molar-refractivity contribution is 8.00. The van der Waals surface area contributed by atoms with Crippen LogP contribution in [-0.4, -0.2) is 23.6 Å². The van der Waals surface area contributed by atoms with E-state index in [4.69, 9.17) is 10.00 Å². The molecule has 0 saturated carbocycles. The van der Waals surface area contributed by atoms with E-state index < -0.39 is 12.1 Å². The average Bonchev–Trinajstić information content (AvgIpc) is 2.70. The molecule has 0 spiro atoms. The SMILES string of the molecule is C[C@@H](C#N)OC(=O)CSc1ccc2c3c(cccc13)C(=O)c1ccccc1-2. The fraction of sp³-hybridized carbons (Fsp3) is 0.136. The van der Waals surface area contributed by atoms with Gasteiger partial charge in [-0.25, -0.2) is 0 Å². The molecule has 0 fully saturated rings. The number of hydrogen-bond donors (Lipinski definition) is 0. The van der Waals surface area contributed by atoms with E-state index in [9.17, 15) is 9.59 Å². The molecule has 0 bridgehead atoms. The van der Waals surface area contributed by atoms with E-state index in [1.165, 1.54) is 18.7 Å². The highest BCUT2D eigenvalue weighted by atomic mass is 32.2. The molecule has 3 aromatic rings. The van der Waals surface area contributed by atoms with Gasteiger partial charge in [0.1, 0.15) is 6.07 Å². The molecule has 0 amide bonds. The van der Waals surface area contributed by atoms with E-state index in [0.717, 1.165) is 26.8 Å². The Hall–Kier alpha value is -3.10. The molecule has 1 aliphatic carbocycles. The first-order valence-electron chi connectivity index (χ1n) is 8.52. The highest BCUT2D eigenvalue weighted by Gasteiger charge is 2.25. The van der Waals surface area contributed by atoms with E-state index in [0.29, 0.717) is 11.1 Å². The maximum absolute atomic E-state index is 12.9. The van der Waals surface area contributed by atoms with Gasteiger partial charge in [-0.3, -0.25) is 9.59 Å². The molecule has 0 unspecified atom stereocenters. The molecule has 27 heavy (non-hydrogen) atoms. The number of esters is 1. The van der Waals surface area contributed by atoms with Gasteiger partial charge < -0.3 is 4.74 Å². The van der Waals surface area contributed by atoms with E-state index in [-0.39, 0.29) is 11.5 Å². The zero-order chi connectivity index (χ0) is 19.0. The van der Waals surface area contributed by atoms with Crippen molar-refractivity contribution in [2.45, 2.75) is 17.9 Å². The van der Waals surface area contributed by atoms with Crippen molar-refractivity contribution in [1.29, 1.82) is 5.26 Å². The molecule has 1 atom stereocenters. The van der Waals surface area contributed by atoms with Crippen LogP contribution in [0.5, 0.6) is 0 Å². The minimum absolute atomic E-state index is 0.0214. The number of thioether (sulfide) groups is 1. The second kappa shape index (κ2) is 6.90. The molecular weight excluding hydrogens is 358 g/mol. The quantitative estimate of drug-likeness (QED) is 0.386. The van der Waals surface area contributed by atoms with Gasteiger partial charge in [-0.05, 0) is 29.5 Å². The Bertz CT molecular complexity index is 1130. The summed E-state index contributed by atoms with van der Waals surface area (Å²) in [6.07, 6.45) is -0.761. The standard InChI is InChI=1S/C22H15NO3S/c1-13(11-23)26-20(24)12-27-19-10-9-15-14-5-2-3-6-16(14)22(25)18-8-4-7-17(19)21(15)18/h2-10,13H,12H2,1H3/t13-/m0/s1. The average molecular weight is 373 g/mol. The van der Waals surface area contributed by atoms with Crippen LogP contribution in [0, 0.1) is 11.3 Å². The van der Waals surface area contributed by atoms with E-state index in [2.05, 4.69) is 0 Å². The number of nitriles is 1. The topological polar surface area (TPSA) is 67.2 Å². The van der Waals surface area contributed by atoms with Crippen LogP contribution in [0.4, 0.5) is 0 Å². The maximum atomic E-state index is 12.9. The minimum Gasteiger partial charge on any atom is -0.447 e. The van der Waals surface area contributed by atoms with Gasteiger partial charge in [0.15, 0.2) is 11.9 Å². The third-order valence-electron chi connectivity index (χ3n) is 4.54. The van der Waals surface area contributed by atoms with Gasteiger partial charge in [0.25, 0.3) is 0 Å². The van der Waals surface area contributed by atoms with Crippen LogP contribution in [0.3, 0.4) is 0 Å². The molecule has 0 radical (unpaired) electrons. The molecular formula is C22H15NO3S. The van der Waals surface area contributed by atoms with Crippen LogP contribution in [0.1, 0.15) is 22.8 Å². The van der Waals surface area contributed by atoms with E-state index in [1.807, 2.05) is 60.7 Å². The summed E-state index contributed by atoms with van der Waals surface area (Å²) in [6.45, 7) is 1.54. The molecule has 0 aliphatic heterocycles. The molecule has 0 saturated heterocycles. The number of carbonyl (C=O) groups excluding carboxylic acids is 2. The lowest BCUT2D eigenvalue weighted by Crippen LogP contribution is -2.14. The normalized spacial score (nSPS) is 13.0. The Morgan fingerprint density at radius 2 is 1.78 bits per heavy atom. The first kappa shape index (κ1) is 17.3. The van der Waals surface area contributed by atoms with Crippen molar-refractivity contribution in [2.24, 2.45) is 0 Å². The molecule has 4 rings (SSSR count). The van der Waals surface area contributed by atoms with Crippen LogP contribution in [0.15, 0.2) is 59.5 Å². The smallest absolute Gasteiger partial charge is 0.317 e. The number of rotatable bonds is 4. The van der Waals surface area contributed by atoms with Crippen LogP contribution < -0.4 is 0 Å². The van der Waals surface area contributed by atoms with Gasteiger partial charge in [0, 0.05) is 21.4 Å². The third kappa shape index (κ3) is 2.98.